The first-order valence-corrected chi connectivity index (χ1v) is 11.3. The Morgan fingerprint density at radius 3 is 2.41 bits per heavy atom. The van der Waals surface area contributed by atoms with Crippen molar-refractivity contribution in [2.24, 2.45) is 5.92 Å². The number of likely N-dealkylation sites (N-methyl/N-ethyl adjacent to an activating group) is 1. The second kappa shape index (κ2) is 10.6. The summed E-state index contributed by atoms with van der Waals surface area (Å²) in [6.07, 6.45) is 4.32. The number of likely N-dealkylation sites (tertiary alicyclic amines) is 1. The second-order valence-corrected chi connectivity index (χ2v) is 9.16. The van der Waals surface area contributed by atoms with Crippen molar-refractivity contribution in [2.75, 3.05) is 52.9 Å². The molecule has 0 spiro atoms. The van der Waals surface area contributed by atoms with E-state index in [1.807, 2.05) is 0 Å². The van der Waals surface area contributed by atoms with Gasteiger partial charge < -0.3 is 14.9 Å². The van der Waals surface area contributed by atoms with Crippen LogP contribution in [0, 0.1) is 19.8 Å². The van der Waals surface area contributed by atoms with Crippen LogP contribution in [0.5, 0.6) is 0 Å². The van der Waals surface area contributed by atoms with Crippen molar-refractivity contribution in [1.29, 1.82) is 0 Å². The van der Waals surface area contributed by atoms with Crippen LogP contribution in [0.1, 0.15) is 42.4 Å². The monoisotopic (exact) mass is 401 g/mol. The minimum atomic E-state index is 0.243. The van der Waals surface area contributed by atoms with Gasteiger partial charge in [-0.3, -0.25) is 9.69 Å². The molecule has 162 valence electrons. The smallest absolute Gasteiger partial charge is 0.222 e. The van der Waals surface area contributed by atoms with Crippen molar-refractivity contribution in [3.8, 4) is 0 Å². The molecule has 0 bridgehead atoms. The third-order valence-corrected chi connectivity index (χ3v) is 6.70. The molecule has 5 heteroatoms. The van der Waals surface area contributed by atoms with E-state index in [0.29, 0.717) is 18.4 Å². The molecule has 2 heterocycles. The Kier molecular flexibility index (Phi) is 8.10. The molecule has 2 saturated heterocycles. The molecule has 1 aromatic carbocycles. The number of amides is 1. The predicted octanol–water partition coefficient (Wildman–Crippen LogP) is 2.47. The van der Waals surface area contributed by atoms with Gasteiger partial charge in [0, 0.05) is 58.3 Å². The SMILES string of the molecule is Cc1cc(C)cc(CCC(=O)N2CC[C@@H](N3CCN(C)CC3)[C@@H](CCCO)C2)c1. The van der Waals surface area contributed by atoms with Crippen LogP contribution in [0.15, 0.2) is 18.2 Å². The van der Waals surface area contributed by atoms with Crippen molar-refractivity contribution in [2.45, 2.75) is 52.0 Å². The lowest BCUT2D eigenvalue weighted by Gasteiger charge is -2.46. The van der Waals surface area contributed by atoms with E-state index < -0.39 is 0 Å². The molecule has 2 aliphatic rings. The minimum Gasteiger partial charge on any atom is -0.396 e. The van der Waals surface area contributed by atoms with Gasteiger partial charge in [-0.1, -0.05) is 29.3 Å². The number of rotatable bonds is 7. The lowest BCUT2D eigenvalue weighted by atomic mass is 9.86. The summed E-state index contributed by atoms with van der Waals surface area (Å²) >= 11 is 0. The van der Waals surface area contributed by atoms with E-state index in [1.165, 1.54) is 16.7 Å². The highest BCUT2D eigenvalue weighted by Gasteiger charge is 2.35. The summed E-state index contributed by atoms with van der Waals surface area (Å²) in [6.45, 7) is 10.7. The third-order valence-electron chi connectivity index (χ3n) is 6.70. The highest BCUT2D eigenvalue weighted by Crippen LogP contribution is 2.27. The van der Waals surface area contributed by atoms with Gasteiger partial charge in [0.25, 0.3) is 0 Å². The fraction of sp³-hybridized carbons (Fsp3) is 0.708. The number of piperazine rings is 1. The van der Waals surface area contributed by atoms with E-state index in [2.05, 4.69) is 53.8 Å². The molecule has 29 heavy (non-hydrogen) atoms. The number of benzene rings is 1. The molecular formula is C24H39N3O2. The Morgan fingerprint density at radius 1 is 1.07 bits per heavy atom. The molecule has 2 atom stereocenters. The number of hydrogen-bond acceptors (Lipinski definition) is 4. The van der Waals surface area contributed by atoms with Crippen molar-refractivity contribution in [3.05, 3.63) is 34.9 Å². The van der Waals surface area contributed by atoms with Gasteiger partial charge >= 0.3 is 0 Å². The van der Waals surface area contributed by atoms with Crippen molar-refractivity contribution < 1.29 is 9.90 Å². The van der Waals surface area contributed by atoms with Gasteiger partial charge in [0.05, 0.1) is 0 Å². The fourth-order valence-electron chi connectivity index (χ4n) is 5.14. The summed E-state index contributed by atoms with van der Waals surface area (Å²) in [7, 11) is 2.19. The Bertz CT molecular complexity index is 650. The number of carbonyl (C=O) groups excluding carboxylic acids is 1. The van der Waals surface area contributed by atoms with Gasteiger partial charge in [0.1, 0.15) is 0 Å². The van der Waals surface area contributed by atoms with Crippen LogP contribution in [0.3, 0.4) is 0 Å². The second-order valence-electron chi connectivity index (χ2n) is 9.16. The van der Waals surface area contributed by atoms with Crippen LogP contribution < -0.4 is 0 Å². The highest BCUT2D eigenvalue weighted by atomic mass is 16.3. The number of nitrogens with zero attached hydrogens (tertiary/aromatic N) is 3. The molecule has 0 aliphatic carbocycles. The van der Waals surface area contributed by atoms with Gasteiger partial charge in [-0.05, 0) is 58.1 Å². The molecule has 1 amide bonds. The molecule has 1 N–H and O–H groups in total. The lowest BCUT2D eigenvalue weighted by molar-refractivity contribution is -0.134. The topological polar surface area (TPSA) is 47.0 Å². The summed E-state index contributed by atoms with van der Waals surface area (Å²) in [4.78, 5) is 20.1. The van der Waals surface area contributed by atoms with Crippen LogP contribution in [0.25, 0.3) is 0 Å². The van der Waals surface area contributed by atoms with Crippen LogP contribution in [0.4, 0.5) is 0 Å². The maximum atomic E-state index is 12.9. The van der Waals surface area contributed by atoms with E-state index in [4.69, 9.17) is 0 Å². The van der Waals surface area contributed by atoms with Gasteiger partial charge in [0.15, 0.2) is 0 Å². The van der Waals surface area contributed by atoms with E-state index in [1.54, 1.807) is 0 Å². The van der Waals surface area contributed by atoms with Crippen LogP contribution in [-0.2, 0) is 11.2 Å². The van der Waals surface area contributed by atoms with Crippen molar-refractivity contribution in [1.82, 2.24) is 14.7 Å². The molecule has 0 aromatic heterocycles. The largest absolute Gasteiger partial charge is 0.396 e. The zero-order valence-corrected chi connectivity index (χ0v) is 18.6. The Labute approximate surface area is 176 Å². The molecule has 2 fully saturated rings. The van der Waals surface area contributed by atoms with Crippen molar-refractivity contribution >= 4 is 5.91 Å². The van der Waals surface area contributed by atoms with E-state index in [-0.39, 0.29) is 12.5 Å². The lowest BCUT2D eigenvalue weighted by Crippen LogP contribution is -2.57. The quantitative estimate of drug-likeness (QED) is 0.763. The first-order valence-electron chi connectivity index (χ1n) is 11.3. The number of carbonyl (C=O) groups is 1. The summed E-state index contributed by atoms with van der Waals surface area (Å²) in [5.41, 5.74) is 3.80. The zero-order chi connectivity index (χ0) is 20.8. The molecular weight excluding hydrogens is 362 g/mol. The van der Waals surface area contributed by atoms with Gasteiger partial charge in [0.2, 0.25) is 5.91 Å². The minimum absolute atomic E-state index is 0.243. The van der Waals surface area contributed by atoms with Crippen LogP contribution in [-0.4, -0.2) is 84.7 Å². The van der Waals surface area contributed by atoms with Crippen LogP contribution in [0.2, 0.25) is 0 Å². The Balaban J connectivity index is 1.57. The molecule has 0 saturated carbocycles. The number of hydrogen-bond donors (Lipinski definition) is 1. The Hall–Kier alpha value is -1.43. The first kappa shape index (κ1) is 22.3. The highest BCUT2D eigenvalue weighted by molar-refractivity contribution is 5.76. The molecule has 0 unspecified atom stereocenters. The van der Waals surface area contributed by atoms with Gasteiger partial charge in [-0.15, -0.1) is 0 Å². The molecule has 0 radical (unpaired) electrons. The number of aryl methyl sites for hydroxylation is 3. The molecule has 3 rings (SSSR count). The third kappa shape index (κ3) is 6.27. The molecule has 5 nitrogen and oxygen atoms in total. The number of aliphatic hydroxyl groups excluding tert-OH is 1. The molecule has 2 aliphatic heterocycles. The predicted molar refractivity (Wildman–Crippen MR) is 118 cm³/mol. The van der Waals surface area contributed by atoms with Gasteiger partial charge in [-0.25, -0.2) is 0 Å². The van der Waals surface area contributed by atoms with E-state index >= 15 is 0 Å². The first-order chi connectivity index (χ1) is 14.0. The van der Waals surface area contributed by atoms with Gasteiger partial charge in [-0.2, -0.15) is 0 Å². The summed E-state index contributed by atoms with van der Waals surface area (Å²) in [5, 5.41) is 9.36. The zero-order valence-electron chi connectivity index (χ0n) is 18.6. The van der Waals surface area contributed by atoms with Crippen molar-refractivity contribution in [3.63, 3.8) is 0 Å². The van der Waals surface area contributed by atoms with E-state index in [0.717, 1.165) is 65.0 Å². The molecule has 1 aromatic rings. The fourth-order valence-corrected chi connectivity index (χ4v) is 5.14. The standard InChI is InChI=1S/C24H39N3O2/c1-19-15-20(2)17-21(16-19)6-7-24(29)27-9-8-23(22(18-27)5-4-14-28)26-12-10-25(3)11-13-26/h15-17,22-23,28H,4-14,18H2,1-3H3/t22-,23+/m0/s1. The number of aliphatic hydroxyl groups is 1. The van der Waals surface area contributed by atoms with E-state index in [9.17, 15) is 9.90 Å². The van der Waals surface area contributed by atoms with Crippen LogP contribution >= 0.6 is 0 Å². The average molecular weight is 402 g/mol. The summed E-state index contributed by atoms with van der Waals surface area (Å²) in [5.74, 6) is 0.763. The average Bonchev–Trinajstić information content (AvgIpc) is 2.70. The maximum Gasteiger partial charge on any atom is 0.222 e. The normalized spacial score (nSPS) is 24.1. The maximum absolute atomic E-state index is 12.9. The Morgan fingerprint density at radius 2 is 1.76 bits per heavy atom. The number of piperidine rings is 1. The summed E-state index contributed by atoms with van der Waals surface area (Å²) < 4.78 is 0. The summed E-state index contributed by atoms with van der Waals surface area (Å²) in [6, 6.07) is 7.13.